The molecule has 0 amide bonds. The molecule has 0 aliphatic carbocycles. The molecule has 0 aliphatic heterocycles. The van der Waals surface area contributed by atoms with E-state index in [1.54, 1.807) is 0 Å². The lowest BCUT2D eigenvalue weighted by atomic mass is 9.95. The molecule has 1 aromatic carbocycles. The Hall–Kier alpha value is -0.606. The Bertz CT molecular complexity index is 390. The fourth-order valence-corrected chi connectivity index (χ4v) is 2.02. The molecule has 0 atom stereocenters. The van der Waals surface area contributed by atoms with Crippen LogP contribution in [0.3, 0.4) is 0 Å². The van der Waals surface area contributed by atoms with Crippen LogP contribution in [-0.4, -0.2) is 20.5 Å². The van der Waals surface area contributed by atoms with Gasteiger partial charge in [-0.1, -0.05) is 23.8 Å². The number of benzene rings is 1. The molecular weight excluding hydrogens is 212 g/mol. The van der Waals surface area contributed by atoms with E-state index in [4.69, 9.17) is 0 Å². The zero-order valence-electron chi connectivity index (χ0n) is 9.81. The van der Waals surface area contributed by atoms with Gasteiger partial charge in [0.1, 0.15) is 0 Å². The molecule has 2 heteroatoms. The molecular formula is C13H16Si2. The van der Waals surface area contributed by atoms with Crippen LogP contribution in [0.1, 0.15) is 30.5 Å². The van der Waals surface area contributed by atoms with Crippen LogP contribution in [0, 0.1) is 13.8 Å². The minimum atomic E-state index is 0.241. The summed E-state index contributed by atoms with van der Waals surface area (Å²) < 4.78 is 0. The highest BCUT2D eigenvalue weighted by molar-refractivity contribution is 6.37. The monoisotopic (exact) mass is 228 g/mol. The maximum Gasteiger partial charge on any atom is 0.0275 e. The zero-order valence-corrected chi connectivity index (χ0v) is 11.8. The van der Waals surface area contributed by atoms with Crippen molar-refractivity contribution in [3.05, 3.63) is 40.5 Å². The van der Waals surface area contributed by atoms with E-state index < -0.39 is 0 Å². The van der Waals surface area contributed by atoms with Crippen molar-refractivity contribution in [1.29, 1.82) is 0 Å². The topological polar surface area (TPSA) is 0 Å². The Kier molecular flexibility index (Phi) is 4.11. The second-order valence-corrected chi connectivity index (χ2v) is 5.72. The maximum absolute atomic E-state index is 3.59. The van der Waals surface area contributed by atoms with Gasteiger partial charge in [-0.2, -0.15) is 0 Å². The summed E-state index contributed by atoms with van der Waals surface area (Å²) in [6, 6.07) is 6.45. The molecule has 0 N–H and O–H groups in total. The van der Waals surface area contributed by atoms with Crippen LogP contribution in [-0.2, 0) is 0 Å². The number of hydrogen-bond donors (Lipinski definition) is 0. The van der Waals surface area contributed by atoms with E-state index in [2.05, 4.69) is 66.4 Å². The summed E-state index contributed by atoms with van der Waals surface area (Å²) in [5.74, 6) is 0. The van der Waals surface area contributed by atoms with E-state index in [9.17, 15) is 0 Å². The Labute approximate surface area is 99.6 Å². The van der Waals surface area contributed by atoms with Crippen molar-refractivity contribution in [2.75, 3.05) is 0 Å². The van der Waals surface area contributed by atoms with Gasteiger partial charge in [-0.15, -0.1) is 0 Å². The molecule has 76 valence electrons. The van der Waals surface area contributed by atoms with Crippen LogP contribution in [0.15, 0.2) is 23.8 Å². The number of hydrogen-bond acceptors (Lipinski definition) is 0. The highest BCUT2D eigenvalue weighted by atomic mass is 28.2. The zero-order chi connectivity index (χ0) is 11.6. The summed E-state index contributed by atoms with van der Waals surface area (Å²) in [6.07, 6.45) is 0. The molecule has 0 aromatic heterocycles. The quantitative estimate of drug-likeness (QED) is 0.682. The van der Waals surface area contributed by atoms with E-state index in [0.717, 1.165) is 0 Å². The normalized spacial score (nSPS) is 13.0. The summed E-state index contributed by atoms with van der Waals surface area (Å²) in [5, 5.41) is 0.241. The van der Waals surface area contributed by atoms with Gasteiger partial charge in [0, 0.05) is 20.5 Å². The third-order valence-electron chi connectivity index (χ3n) is 3.03. The third-order valence-corrected chi connectivity index (χ3v) is 3.90. The molecule has 0 spiro atoms. The van der Waals surface area contributed by atoms with Crippen molar-refractivity contribution in [2.45, 2.75) is 32.9 Å². The van der Waals surface area contributed by atoms with Gasteiger partial charge in [0.2, 0.25) is 0 Å². The fraction of sp³-hybridized carbons (Fsp3) is 0.385. The van der Waals surface area contributed by atoms with Crippen molar-refractivity contribution in [3.63, 3.8) is 0 Å². The number of aryl methyl sites for hydroxylation is 1. The maximum atomic E-state index is 3.59. The predicted octanol–water partition coefficient (Wildman–Crippen LogP) is 3.18. The van der Waals surface area contributed by atoms with Crippen molar-refractivity contribution >= 4 is 26.1 Å². The molecule has 1 aromatic rings. The van der Waals surface area contributed by atoms with Gasteiger partial charge >= 0.3 is 0 Å². The number of allylic oxidation sites excluding steroid dienone is 2. The summed E-state index contributed by atoms with van der Waals surface area (Å²) in [5.41, 5.74) is 6.71. The smallest absolute Gasteiger partial charge is 0.0275 e. The van der Waals surface area contributed by atoms with Gasteiger partial charge in [0.15, 0.2) is 0 Å². The van der Waals surface area contributed by atoms with Crippen molar-refractivity contribution in [3.8, 4) is 0 Å². The second-order valence-electron chi connectivity index (χ2n) is 3.99. The van der Waals surface area contributed by atoms with E-state index in [1.807, 2.05) is 0 Å². The summed E-state index contributed by atoms with van der Waals surface area (Å²) in [7, 11) is 7.17. The van der Waals surface area contributed by atoms with Gasteiger partial charge < -0.3 is 0 Å². The molecule has 15 heavy (non-hydrogen) atoms. The molecule has 0 saturated heterocycles. The van der Waals surface area contributed by atoms with Crippen LogP contribution in [0.4, 0.5) is 0 Å². The van der Waals surface area contributed by atoms with Crippen molar-refractivity contribution in [1.82, 2.24) is 0 Å². The minimum Gasteiger partial charge on any atom is -0.0734 e. The van der Waals surface area contributed by atoms with Crippen LogP contribution >= 0.6 is 0 Å². The average Bonchev–Trinajstić information content (AvgIpc) is 2.20. The standard InChI is InChI=1S/C13H16Si2/c1-8-6-5-7-12(9(8)2)10(3)11(4)13(14)15/h5-7,13H,1-4H3. The summed E-state index contributed by atoms with van der Waals surface area (Å²) in [6.45, 7) is 8.64. The molecule has 0 nitrogen and oxygen atoms in total. The predicted molar refractivity (Wildman–Crippen MR) is 69.4 cm³/mol. The van der Waals surface area contributed by atoms with E-state index in [0.29, 0.717) is 0 Å². The van der Waals surface area contributed by atoms with Gasteiger partial charge in [0.25, 0.3) is 0 Å². The fourth-order valence-electron chi connectivity index (χ4n) is 1.59. The van der Waals surface area contributed by atoms with Crippen LogP contribution in [0.25, 0.3) is 5.57 Å². The minimum absolute atomic E-state index is 0.241. The lowest BCUT2D eigenvalue weighted by molar-refractivity contribution is 1.26. The Morgan fingerprint density at radius 1 is 1.13 bits per heavy atom. The van der Waals surface area contributed by atoms with Crippen molar-refractivity contribution in [2.24, 2.45) is 0 Å². The second kappa shape index (κ2) is 4.95. The molecule has 6 radical (unpaired) electrons. The third kappa shape index (κ3) is 2.70. The lowest BCUT2D eigenvalue weighted by Crippen LogP contribution is -1.98. The first kappa shape index (κ1) is 12.5. The molecule has 1 rings (SSSR count). The Balaban J connectivity index is 3.29. The first-order chi connectivity index (χ1) is 6.95. The molecule has 0 heterocycles. The van der Waals surface area contributed by atoms with E-state index in [-0.39, 0.29) is 5.16 Å². The summed E-state index contributed by atoms with van der Waals surface area (Å²) in [4.78, 5) is 0. The van der Waals surface area contributed by atoms with Crippen LogP contribution < -0.4 is 0 Å². The highest BCUT2D eigenvalue weighted by Gasteiger charge is 2.07. The molecule has 0 fully saturated rings. The average molecular weight is 228 g/mol. The molecule has 0 unspecified atom stereocenters. The molecule has 0 aliphatic rings. The number of rotatable bonds is 2. The Morgan fingerprint density at radius 3 is 2.27 bits per heavy atom. The van der Waals surface area contributed by atoms with Gasteiger partial charge in [-0.3, -0.25) is 0 Å². The Morgan fingerprint density at radius 2 is 1.73 bits per heavy atom. The van der Waals surface area contributed by atoms with Gasteiger partial charge in [-0.05, 0) is 55.1 Å². The largest absolute Gasteiger partial charge is 0.0734 e. The molecule has 0 bridgehead atoms. The highest BCUT2D eigenvalue weighted by Crippen LogP contribution is 2.26. The van der Waals surface area contributed by atoms with Crippen LogP contribution in [0.2, 0.25) is 5.16 Å². The first-order valence-corrected chi connectivity index (χ1v) is 6.26. The SMILES string of the molecule is CC(=C(C)C([Si])[Si])c1cccc(C)c1C. The first-order valence-electron chi connectivity index (χ1n) is 5.11. The van der Waals surface area contributed by atoms with Gasteiger partial charge in [0.05, 0.1) is 0 Å². The van der Waals surface area contributed by atoms with Crippen molar-refractivity contribution < 1.29 is 0 Å². The molecule has 0 saturated carbocycles. The summed E-state index contributed by atoms with van der Waals surface area (Å²) >= 11 is 0. The lowest BCUT2D eigenvalue weighted by Gasteiger charge is -2.14. The van der Waals surface area contributed by atoms with Crippen LogP contribution in [0.5, 0.6) is 0 Å². The van der Waals surface area contributed by atoms with E-state index >= 15 is 0 Å². The van der Waals surface area contributed by atoms with E-state index in [1.165, 1.54) is 27.8 Å². The van der Waals surface area contributed by atoms with Gasteiger partial charge in [-0.25, -0.2) is 0 Å².